The molecule has 1 aromatic carbocycles. The first kappa shape index (κ1) is 21.0. The Bertz CT molecular complexity index is 796. The predicted molar refractivity (Wildman–Crippen MR) is 120 cm³/mol. The van der Waals surface area contributed by atoms with Crippen LogP contribution < -0.4 is 10.6 Å². The summed E-state index contributed by atoms with van der Waals surface area (Å²) in [5.74, 6) is 0.845. The number of rotatable bonds is 8. The van der Waals surface area contributed by atoms with Crippen molar-refractivity contribution >= 4 is 29.9 Å². The summed E-state index contributed by atoms with van der Waals surface area (Å²) in [5, 5.41) is 10.9. The topological polar surface area (TPSA) is 59.2 Å². The van der Waals surface area contributed by atoms with E-state index >= 15 is 0 Å². The van der Waals surface area contributed by atoms with Crippen molar-refractivity contribution in [3.63, 3.8) is 0 Å². The Morgan fingerprint density at radius 3 is 2.59 bits per heavy atom. The summed E-state index contributed by atoms with van der Waals surface area (Å²) in [6.45, 7) is 6.09. The van der Waals surface area contributed by atoms with E-state index in [4.69, 9.17) is 4.99 Å². The Hall–Kier alpha value is -2.29. The minimum atomic E-state index is 0. The van der Waals surface area contributed by atoms with Gasteiger partial charge < -0.3 is 15.2 Å². The van der Waals surface area contributed by atoms with E-state index in [1.807, 2.05) is 29.1 Å². The molecule has 2 aromatic heterocycles. The van der Waals surface area contributed by atoms with Gasteiger partial charge in [0.25, 0.3) is 0 Å². The van der Waals surface area contributed by atoms with Gasteiger partial charge in [-0.2, -0.15) is 5.10 Å². The monoisotopic (exact) mass is 478 g/mol. The van der Waals surface area contributed by atoms with Crippen LogP contribution in [0.2, 0.25) is 0 Å². The third-order valence-corrected chi connectivity index (χ3v) is 3.99. The van der Waals surface area contributed by atoms with Crippen molar-refractivity contribution in [3.05, 3.63) is 78.4 Å². The van der Waals surface area contributed by atoms with Crippen LogP contribution in [0.5, 0.6) is 0 Å². The van der Waals surface area contributed by atoms with Crippen molar-refractivity contribution in [2.75, 3.05) is 13.1 Å². The molecule has 0 aliphatic rings. The zero-order chi connectivity index (χ0) is 18.0. The van der Waals surface area contributed by atoms with E-state index < -0.39 is 0 Å². The lowest BCUT2D eigenvalue weighted by Crippen LogP contribution is -2.38. The molecule has 0 saturated heterocycles. The maximum Gasteiger partial charge on any atom is 0.191 e. The zero-order valence-electron chi connectivity index (χ0n) is 15.6. The van der Waals surface area contributed by atoms with Crippen LogP contribution in [0.15, 0.2) is 72.2 Å². The fourth-order valence-electron chi connectivity index (χ4n) is 2.74. The molecule has 0 aliphatic heterocycles. The van der Waals surface area contributed by atoms with Crippen LogP contribution in [-0.2, 0) is 19.6 Å². The molecule has 0 aliphatic carbocycles. The molecular formula is C20H27IN6. The molecule has 0 fully saturated rings. The highest BCUT2D eigenvalue weighted by atomic mass is 127. The van der Waals surface area contributed by atoms with Crippen LogP contribution >= 0.6 is 24.0 Å². The Kier molecular flexibility index (Phi) is 8.90. The molecule has 3 rings (SSSR count). The third kappa shape index (κ3) is 7.09. The summed E-state index contributed by atoms with van der Waals surface area (Å²) in [4.78, 5) is 4.70. The number of halogens is 1. The molecule has 144 valence electrons. The van der Waals surface area contributed by atoms with Gasteiger partial charge >= 0.3 is 0 Å². The van der Waals surface area contributed by atoms with Gasteiger partial charge in [0.15, 0.2) is 5.96 Å². The minimum Gasteiger partial charge on any atom is -0.357 e. The summed E-state index contributed by atoms with van der Waals surface area (Å²) >= 11 is 0. The lowest BCUT2D eigenvalue weighted by atomic mass is 10.1. The smallest absolute Gasteiger partial charge is 0.191 e. The molecular weight excluding hydrogens is 451 g/mol. The molecule has 0 saturated carbocycles. The van der Waals surface area contributed by atoms with Gasteiger partial charge in [0.2, 0.25) is 0 Å². The van der Waals surface area contributed by atoms with E-state index in [2.05, 4.69) is 63.9 Å². The highest BCUT2D eigenvalue weighted by molar-refractivity contribution is 14.0. The van der Waals surface area contributed by atoms with Crippen LogP contribution in [-0.4, -0.2) is 33.4 Å². The molecule has 2 heterocycles. The summed E-state index contributed by atoms with van der Waals surface area (Å²) in [6, 6.07) is 14.5. The number of aliphatic imine (C=N–C) groups is 1. The molecule has 27 heavy (non-hydrogen) atoms. The molecule has 0 radical (unpaired) electrons. The lowest BCUT2D eigenvalue weighted by molar-refractivity contribution is 0.665. The zero-order valence-corrected chi connectivity index (χ0v) is 17.9. The van der Waals surface area contributed by atoms with Crippen molar-refractivity contribution < 1.29 is 0 Å². The van der Waals surface area contributed by atoms with Crippen molar-refractivity contribution in [1.29, 1.82) is 0 Å². The van der Waals surface area contributed by atoms with Crippen LogP contribution in [0.3, 0.4) is 0 Å². The SMILES string of the molecule is CCNC(=NCc1cccc(Cn2cccn2)c1)NCCn1cccc1.I. The van der Waals surface area contributed by atoms with Crippen molar-refractivity contribution in [2.24, 2.45) is 4.99 Å². The van der Waals surface area contributed by atoms with Crippen LogP contribution in [0, 0.1) is 0 Å². The van der Waals surface area contributed by atoms with Gasteiger partial charge in [-0.1, -0.05) is 24.3 Å². The van der Waals surface area contributed by atoms with Crippen LogP contribution in [0.1, 0.15) is 18.1 Å². The molecule has 0 spiro atoms. The van der Waals surface area contributed by atoms with Gasteiger partial charge in [-0.3, -0.25) is 4.68 Å². The number of hydrogen-bond acceptors (Lipinski definition) is 2. The van der Waals surface area contributed by atoms with Gasteiger partial charge in [0.05, 0.1) is 13.1 Å². The summed E-state index contributed by atoms with van der Waals surface area (Å²) in [6.07, 6.45) is 7.91. The Labute approximate surface area is 177 Å². The molecule has 0 bridgehead atoms. The number of guanidine groups is 1. The normalized spacial score (nSPS) is 11.1. The maximum atomic E-state index is 4.70. The van der Waals surface area contributed by atoms with E-state index in [9.17, 15) is 0 Å². The highest BCUT2D eigenvalue weighted by Crippen LogP contribution is 2.08. The van der Waals surface area contributed by atoms with Gasteiger partial charge in [0.1, 0.15) is 0 Å². The minimum absolute atomic E-state index is 0. The Morgan fingerprint density at radius 2 is 1.85 bits per heavy atom. The van der Waals surface area contributed by atoms with Gasteiger partial charge in [-0.25, -0.2) is 4.99 Å². The predicted octanol–water partition coefficient (Wildman–Crippen LogP) is 3.11. The largest absolute Gasteiger partial charge is 0.357 e. The fraction of sp³-hybridized carbons (Fsp3) is 0.300. The van der Waals surface area contributed by atoms with E-state index in [0.29, 0.717) is 6.54 Å². The first-order chi connectivity index (χ1) is 12.8. The van der Waals surface area contributed by atoms with Crippen LogP contribution in [0.4, 0.5) is 0 Å². The average Bonchev–Trinajstić information content (AvgIpc) is 3.34. The second kappa shape index (κ2) is 11.4. The van der Waals surface area contributed by atoms with E-state index in [1.165, 1.54) is 11.1 Å². The molecule has 0 atom stereocenters. The average molecular weight is 478 g/mol. The van der Waals surface area contributed by atoms with Gasteiger partial charge in [-0.05, 0) is 36.2 Å². The fourth-order valence-corrected chi connectivity index (χ4v) is 2.74. The van der Waals surface area contributed by atoms with Crippen molar-refractivity contribution in [2.45, 2.75) is 26.6 Å². The van der Waals surface area contributed by atoms with Crippen LogP contribution in [0.25, 0.3) is 0 Å². The molecule has 0 unspecified atom stereocenters. The Balaban J connectivity index is 0.00000261. The van der Waals surface area contributed by atoms with Crippen molar-refractivity contribution in [3.8, 4) is 0 Å². The number of nitrogens with one attached hydrogen (secondary N) is 2. The lowest BCUT2D eigenvalue weighted by Gasteiger charge is -2.12. The molecule has 2 N–H and O–H groups in total. The van der Waals surface area contributed by atoms with Gasteiger partial charge in [-0.15, -0.1) is 24.0 Å². The number of aromatic nitrogens is 3. The maximum absolute atomic E-state index is 4.70. The number of nitrogens with zero attached hydrogens (tertiary/aromatic N) is 4. The number of hydrogen-bond donors (Lipinski definition) is 2. The van der Waals surface area contributed by atoms with Gasteiger partial charge in [0, 0.05) is 44.4 Å². The second-order valence-electron chi connectivity index (χ2n) is 6.07. The summed E-state index contributed by atoms with van der Waals surface area (Å²) in [5.41, 5.74) is 2.42. The summed E-state index contributed by atoms with van der Waals surface area (Å²) < 4.78 is 4.07. The van der Waals surface area contributed by atoms with Crippen molar-refractivity contribution in [1.82, 2.24) is 25.0 Å². The third-order valence-electron chi connectivity index (χ3n) is 3.99. The second-order valence-corrected chi connectivity index (χ2v) is 6.07. The van der Waals surface area contributed by atoms with E-state index in [-0.39, 0.29) is 24.0 Å². The molecule has 0 amide bonds. The Morgan fingerprint density at radius 1 is 1.04 bits per heavy atom. The van der Waals surface area contributed by atoms with E-state index in [0.717, 1.165) is 32.1 Å². The summed E-state index contributed by atoms with van der Waals surface area (Å²) in [7, 11) is 0. The molecule has 7 heteroatoms. The molecule has 3 aromatic rings. The first-order valence-electron chi connectivity index (χ1n) is 9.01. The highest BCUT2D eigenvalue weighted by Gasteiger charge is 2.00. The standard InChI is InChI=1S/C20H26N6.HI/c1-2-21-20(22-10-14-25-11-3-4-12-25)23-16-18-7-5-8-19(15-18)17-26-13-6-9-24-26;/h3-9,11-13,15H,2,10,14,16-17H2,1H3,(H2,21,22,23);1H. The first-order valence-corrected chi connectivity index (χ1v) is 9.01. The van der Waals surface area contributed by atoms with E-state index in [1.54, 1.807) is 6.20 Å². The number of benzene rings is 1. The molecule has 6 nitrogen and oxygen atoms in total. The quantitative estimate of drug-likeness (QED) is 0.297.